The summed E-state index contributed by atoms with van der Waals surface area (Å²) in [7, 11) is 3.44. The second kappa shape index (κ2) is 12.2. The smallest absolute Gasteiger partial charge is 0.191 e. The summed E-state index contributed by atoms with van der Waals surface area (Å²) in [6, 6.07) is 16.2. The van der Waals surface area contributed by atoms with Gasteiger partial charge in [0.15, 0.2) is 5.96 Å². The fraction of sp³-hybridized carbons (Fsp3) is 0.458. The van der Waals surface area contributed by atoms with Crippen molar-refractivity contribution in [1.29, 1.82) is 0 Å². The molecule has 1 unspecified atom stereocenters. The van der Waals surface area contributed by atoms with Crippen LogP contribution in [0.15, 0.2) is 53.5 Å². The van der Waals surface area contributed by atoms with Crippen molar-refractivity contribution in [1.82, 2.24) is 15.5 Å². The first-order valence-corrected chi connectivity index (χ1v) is 10.8. The summed E-state index contributed by atoms with van der Waals surface area (Å²) in [5, 5.41) is 6.77. The Morgan fingerprint density at radius 2 is 1.71 bits per heavy atom. The van der Waals surface area contributed by atoms with Gasteiger partial charge in [0.05, 0.1) is 26.9 Å². The van der Waals surface area contributed by atoms with Crippen molar-refractivity contribution < 1.29 is 14.2 Å². The monoisotopic (exact) mass is 426 g/mol. The zero-order valence-electron chi connectivity index (χ0n) is 18.8. The third kappa shape index (κ3) is 7.45. The van der Waals surface area contributed by atoms with E-state index in [-0.39, 0.29) is 6.10 Å². The minimum atomic E-state index is -0.0134. The number of nitrogens with zero attached hydrogens (tertiary/aromatic N) is 2. The third-order valence-corrected chi connectivity index (χ3v) is 5.24. The highest BCUT2D eigenvalue weighted by Crippen LogP contribution is 2.18. The van der Waals surface area contributed by atoms with Gasteiger partial charge in [-0.3, -0.25) is 9.89 Å². The lowest BCUT2D eigenvalue weighted by Gasteiger charge is -2.27. The van der Waals surface area contributed by atoms with E-state index in [1.165, 1.54) is 11.1 Å². The molecule has 0 aromatic heterocycles. The Bertz CT molecular complexity index is 820. The first kappa shape index (κ1) is 22.9. The van der Waals surface area contributed by atoms with Gasteiger partial charge in [-0.2, -0.15) is 0 Å². The van der Waals surface area contributed by atoms with E-state index in [0.29, 0.717) is 13.1 Å². The van der Waals surface area contributed by atoms with Crippen molar-refractivity contribution in [2.24, 2.45) is 4.99 Å². The second-order valence-electron chi connectivity index (χ2n) is 7.57. The fourth-order valence-electron chi connectivity index (χ4n) is 3.45. The SMILES string of the molecule is CN=C(NCc1ccccc1CN1CCOCC1)NCC(C)Oc1ccc(OC)cc1. The summed E-state index contributed by atoms with van der Waals surface area (Å²) in [6.45, 7) is 7.92. The zero-order chi connectivity index (χ0) is 21.9. The lowest BCUT2D eigenvalue weighted by atomic mass is 10.1. The van der Waals surface area contributed by atoms with E-state index in [2.05, 4.69) is 44.8 Å². The highest BCUT2D eigenvalue weighted by molar-refractivity contribution is 5.79. The molecule has 31 heavy (non-hydrogen) atoms. The van der Waals surface area contributed by atoms with E-state index in [1.807, 2.05) is 31.2 Å². The van der Waals surface area contributed by atoms with E-state index in [1.54, 1.807) is 14.2 Å². The minimum Gasteiger partial charge on any atom is -0.497 e. The molecule has 7 nitrogen and oxygen atoms in total. The molecule has 2 aromatic carbocycles. The molecule has 2 aromatic rings. The topological polar surface area (TPSA) is 67.4 Å². The molecular weight excluding hydrogens is 392 g/mol. The van der Waals surface area contributed by atoms with Crippen molar-refractivity contribution in [3.05, 3.63) is 59.7 Å². The van der Waals surface area contributed by atoms with Crippen molar-refractivity contribution in [2.75, 3.05) is 47.0 Å². The molecule has 1 heterocycles. The van der Waals surface area contributed by atoms with Gasteiger partial charge in [-0.05, 0) is 42.3 Å². The van der Waals surface area contributed by atoms with Crippen LogP contribution in [0.4, 0.5) is 0 Å². The number of nitrogens with one attached hydrogen (secondary N) is 2. The van der Waals surface area contributed by atoms with Crippen molar-refractivity contribution in [3.63, 3.8) is 0 Å². The van der Waals surface area contributed by atoms with Crippen molar-refractivity contribution in [3.8, 4) is 11.5 Å². The van der Waals surface area contributed by atoms with Gasteiger partial charge in [0, 0.05) is 33.2 Å². The van der Waals surface area contributed by atoms with Gasteiger partial charge in [0.25, 0.3) is 0 Å². The van der Waals surface area contributed by atoms with Crippen LogP contribution >= 0.6 is 0 Å². The molecule has 1 aliphatic rings. The molecule has 1 atom stereocenters. The summed E-state index contributed by atoms with van der Waals surface area (Å²) < 4.78 is 16.6. The highest BCUT2D eigenvalue weighted by Gasteiger charge is 2.13. The van der Waals surface area contributed by atoms with Crippen molar-refractivity contribution in [2.45, 2.75) is 26.1 Å². The third-order valence-electron chi connectivity index (χ3n) is 5.24. The van der Waals surface area contributed by atoms with Gasteiger partial charge in [0.2, 0.25) is 0 Å². The zero-order valence-corrected chi connectivity index (χ0v) is 18.8. The molecular formula is C24H34N4O3. The second-order valence-corrected chi connectivity index (χ2v) is 7.57. The normalized spacial score (nSPS) is 15.9. The largest absolute Gasteiger partial charge is 0.497 e. The van der Waals surface area contributed by atoms with Crippen LogP contribution in [-0.2, 0) is 17.8 Å². The van der Waals surface area contributed by atoms with Gasteiger partial charge < -0.3 is 24.8 Å². The Labute approximate surface area is 185 Å². The Balaban J connectivity index is 1.46. The van der Waals surface area contributed by atoms with Crippen molar-refractivity contribution >= 4 is 5.96 Å². The fourth-order valence-corrected chi connectivity index (χ4v) is 3.45. The van der Waals surface area contributed by atoms with Gasteiger partial charge in [-0.1, -0.05) is 24.3 Å². The van der Waals surface area contributed by atoms with Crippen LogP contribution in [-0.4, -0.2) is 64.0 Å². The van der Waals surface area contributed by atoms with E-state index in [0.717, 1.165) is 50.3 Å². The van der Waals surface area contributed by atoms with Gasteiger partial charge in [-0.15, -0.1) is 0 Å². The minimum absolute atomic E-state index is 0.0134. The number of rotatable bonds is 9. The summed E-state index contributed by atoms with van der Waals surface area (Å²) in [4.78, 5) is 6.78. The summed E-state index contributed by atoms with van der Waals surface area (Å²) >= 11 is 0. The van der Waals surface area contributed by atoms with Crippen LogP contribution in [0.1, 0.15) is 18.1 Å². The molecule has 0 aliphatic carbocycles. The number of morpholine rings is 1. The van der Waals surface area contributed by atoms with Crippen LogP contribution in [0.25, 0.3) is 0 Å². The maximum Gasteiger partial charge on any atom is 0.191 e. The number of methoxy groups -OCH3 is 1. The molecule has 1 aliphatic heterocycles. The number of hydrogen-bond donors (Lipinski definition) is 2. The van der Waals surface area contributed by atoms with Crippen LogP contribution in [0.5, 0.6) is 11.5 Å². The molecule has 1 fully saturated rings. The predicted molar refractivity (Wildman–Crippen MR) is 124 cm³/mol. The van der Waals surface area contributed by atoms with Gasteiger partial charge in [0.1, 0.15) is 17.6 Å². The van der Waals surface area contributed by atoms with Crippen LogP contribution < -0.4 is 20.1 Å². The summed E-state index contributed by atoms with van der Waals surface area (Å²) in [5.41, 5.74) is 2.61. The lowest BCUT2D eigenvalue weighted by Crippen LogP contribution is -2.41. The number of ether oxygens (including phenoxy) is 3. The Kier molecular flexibility index (Phi) is 8.99. The summed E-state index contributed by atoms with van der Waals surface area (Å²) in [5.74, 6) is 2.39. The van der Waals surface area contributed by atoms with Crippen LogP contribution in [0.2, 0.25) is 0 Å². The average Bonchev–Trinajstić information content (AvgIpc) is 2.81. The average molecular weight is 427 g/mol. The van der Waals surface area contributed by atoms with E-state index in [9.17, 15) is 0 Å². The Morgan fingerprint density at radius 3 is 2.39 bits per heavy atom. The number of guanidine groups is 1. The molecule has 168 valence electrons. The number of aliphatic imine (C=N–C) groups is 1. The Morgan fingerprint density at radius 1 is 1.03 bits per heavy atom. The summed E-state index contributed by atoms with van der Waals surface area (Å²) in [6.07, 6.45) is -0.0134. The molecule has 0 spiro atoms. The first-order chi connectivity index (χ1) is 15.2. The number of hydrogen-bond acceptors (Lipinski definition) is 5. The molecule has 3 rings (SSSR count). The quantitative estimate of drug-likeness (QED) is 0.475. The molecule has 0 radical (unpaired) electrons. The standard InChI is InChI=1S/C24H34N4O3/c1-19(31-23-10-8-22(29-3)9-11-23)16-26-24(25-2)27-17-20-6-4-5-7-21(20)18-28-12-14-30-15-13-28/h4-11,19H,12-18H2,1-3H3,(H2,25,26,27). The van der Waals surface area contributed by atoms with E-state index >= 15 is 0 Å². The highest BCUT2D eigenvalue weighted by atomic mass is 16.5. The van der Waals surface area contributed by atoms with Gasteiger partial charge >= 0.3 is 0 Å². The maximum atomic E-state index is 5.96. The van der Waals surface area contributed by atoms with Crippen LogP contribution in [0.3, 0.4) is 0 Å². The molecule has 2 N–H and O–H groups in total. The maximum absolute atomic E-state index is 5.96. The lowest BCUT2D eigenvalue weighted by molar-refractivity contribution is 0.0341. The molecule has 1 saturated heterocycles. The molecule has 0 saturated carbocycles. The predicted octanol–water partition coefficient (Wildman–Crippen LogP) is 2.66. The Hall–Kier alpha value is -2.77. The molecule has 0 amide bonds. The molecule has 0 bridgehead atoms. The van der Waals surface area contributed by atoms with E-state index < -0.39 is 0 Å². The van der Waals surface area contributed by atoms with E-state index in [4.69, 9.17) is 14.2 Å². The first-order valence-electron chi connectivity index (χ1n) is 10.8. The van der Waals surface area contributed by atoms with Gasteiger partial charge in [-0.25, -0.2) is 0 Å². The van der Waals surface area contributed by atoms with Crippen LogP contribution in [0, 0.1) is 0 Å². The molecule has 7 heteroatoms. The number of benzene rings is 2.